The highest BCUT2D eigenvalue weighted by Gasteiger charge is 2.25. The van der Waals surface area contributed by atoms with E-state index in [9.17, 15) is 13.2 Å². The van der Waals surface area contributed by atoms with E-state index in [2.05, 4.69) is 0 Å². The number of furan rings is 1. The molecule has 1 aliphatic rings. The van der Waals surface area contributed by atoms with Crippen LogP contribution in [0.15, 0.2) is 46.1 Å². The molecule has 1 amide bonds. The molecular weight excluding hydrogens is 328 g/mol. The summed E-state index contributed by atoms with van der Waals surface area (Å²) in [4.78, 5) is 13.7. The van der Waals surface area contributed by atoms with Gasteiger partial charge in [0.25, 0.3) is 0 Å². The van der Waals surface area contributed by atoms with E-state index < -0.39 is 10.0 Å². The maximum absolute atomic E-state index is 12.8. The lowest BCUT2D eigenvalue weighted by molar-refractivity contribution is -0.116. The minimum atomic E-state index is -3.60. The fourth-order valence-electron chi connectivity index (χ4n) is 2.97. The molecule has 0 bridgehead atoms. The lowest BCUT2D eigenvalue weighted by Gasteiger charge is -2.29. The molecule has 0 saturated heterocycles. The molecule has 0 N–H and O–H groups in total. The topological polar surface area (TPSA) is 70.8 Å². The van der Waals surface area contributed by atoms with Crippen LogP contribution in [0.2, 0.25) is 0 Å². The molecule has 0 atom stereocenters. The van der Waals surface area contributed by atoms with Gasteiger partial charge >= 0.3 is 0 Å². The van der Waals surface area contributed by atoms with Crippen molar-refractivity contribution in [2.75, 3.05) is 18.5 Å². The third kappa shape index (κ3) is 3.09. The van der Waals surface area contributed by atoms with Crippen molar-refractivity contribution >= 4 is 21.6 Å². The second-order valence-corrected chi connectivity index (χ2v) is 8.00. The number of hydrogen-bond acceptors (Lipinski definition) is 4. The quantitative estimate of drug-likeness (QED) is 0.851. The molecule has 1 aromatic carbocycles. The van der Waals surface area contributed by atoms with E-state index in [0.29, 0.717) is 6.54 Å². The molecule has 7 heteroatoms. The van der Waals surface area contributed by atoms with Crippen LogP contribution in [0.5, 0.6) is 0 Å². The van der Waals surface area contributed by atoms with Gasteiger partial charge in [-0.05, 0) is 42.7 Å². The Labute approximate surface area is 141 Å². The number of anilines is 1. The Morgan fingerprint density at radius 2 is 2.12 bits per heavy atom. The van der Waals surface area contributed by atoms with Gasteiger partial charge in [-0.15, -0.1) is 0 Å². The Hall–Kier alpha value is -2.12. The van der Waals surface area contributed by atoms with Gasteiger partial charge in [-0.25, -0.2) is 8.42 Å². The van der Waals surface area contributed by atoms with Crippen molar-refractivity contribution in [2.24, 2.45) is 0 Å². The summed E-state index contributed by atoms with van der Waals surface area (Å²) in [7, 11) is -2.05. The summed E-state index contributed by atoms with van der Waals surface area (Å²) in [6.07, 6.45) is 4.66. The van der Waals surface area contributed by atoms with E-state index in [4.69, 9.17) is 4.42 Å². The number of amides is 1. The minimum Gasteiger partial charge on any atom is -0.472 e. The summed E-state index contributed by atoms with van der Waals surface area (Å²) in [6.45, 7) is 2.45. The molecule has 0 unspecified atom stereocenters. The molecule has 3 rings (SSSR count). The van der Waals surface area contributed by atoms with E-state index in [1.54, 1.807) is 36.2 Å². The van der Waals surface area contributed by atoms with Gasteiger partial charge in [0, 0.05) is 38.3 Å². The van der Waals surface area contributed by atoms with Gasteiger partial charge in [0.2, 0.25) is 15.9 Å². The zero-order valence-electron chi connectivity index (χ0n) is 13.7. The molecule has 1 aliphatic heterocycles. The summed E-state index contributed by atoms with van der Waals surface area (Å²) in [5.41, 5.74) is 2.50. The molecule has 0 aliphatic carbocycles. The van der Waals surface area contributed by atoms with E-state index in [1.807, 2.05) is 0 Å². The molecule has 0 fully saturated rings. The van der Waals surface area contributed by atoms with Crippen LogP contribution in [0, 0.1) is 0 Å². The normalized spacial score (nSPS) is 14.7. The molecule has 0 radical (unpaired) electrons. The summed E-state index contributed by atoms with van der Waals surface area (Å²) in [5, 5.41) is 0. The molecule has 2 aromatic rings. The van der Waals surface area contributed by atoms with Crippen LogP contribution in [-0.2, 0) is 27.8 Å². The second-order valence-electron chi connectivity index (χ2n) is 5.96. The van der Waals surface area contributed by atoms with Gasteiger partial charge in [-0.3, -0.25) is 4.79 Å². The van der Waals surface area contributed by atoms with Crippen LogP contribution in [0.4, 0.5) is 5.69 Å². The number of hydrogen-bond donors (Lipinski definition) is 0. The maximum Gasteiger partial charge on any atom is 0.243 e. The van der Waals surface area contributed by atoms with Gasteiger partial charge in [0.05, 0.1) is 17.4 Å². The number of rotatable bonds is 4. The molecular formula is C17H20N2O4S. The molecule has 24 heavy (non-hydrogen) atoms. The molecule has 0 spiro atoms. The van der Waals surface area contributed by atoms with Crippen LogP contribution in [0.1, 0.15) is 24.5 Å². The zero-order valence-corrected chi connectivity index (χ0v) is 14.5. The number of fused-ring (bicyclic) bond motifs is 1. The number of nitrogens with zero attached hydrogens (tertiary/aromatic N) is 2. The van der Waals surface area contributed by atoms with E-state index in [-0.39, 0.29) is 17.3 Å². The Morgan fingerprint density at radius 1 is 1.33 bits per heavy atom. The first-order chi connectivity index (χ1) is 11.4. The second kappa shape index (κ2) is 6.41. The Balaban J connectivity index is 1.90. The summed E-state index contributed by atoms with van der Waals surface area (Å²) < 4.78 is 31.8. The van der Waals surface area contributed by atoms with Crippen molar-refractivity contribution in [3.63, 3.8) is 0 Å². The van der Waals surface area contributed by atoms with Crippen LogP contribution in [0.25, 0.3) is 0 Å². The Bertz CT molecular complexity index is 843. The van der Waals surface area contributed by atoms with Gasteiger partial charge < -0.3 is 9.32 Å². The summed E-state index contributed by atoms with van der Waals surface area (Å²) >= 11 is 0. The molecule has 6 nitrogen and oxygen atoms in total. The standard InChI is InChI=1S/C17H20N2O4S/c1-13(20)19-8-3-4-15-10-16(5-6-17(15)19)24(21,22)18(2)11-14-7-9-23-12-14/h5-7,9-10,12H,3-4,8,11H2,1-2H3. The molecule has 1 aromatic heterocycles. The first-order valence-corrected chi connectivity index (χ1v) is 9.22. The third-order valence-electron chi connectivity index (χ3n) is 4.24. The predicted molar refractivity (Wildman–Crippen MR) is 90.2 cm³/mol. The van der Waals surface area contributed by atoms with E-state index in [0.717, 1.165) is 29.7 Å². The van der Waals surface area contributed by atoms with Gasteiger partial charge in [-0.2, -0.15) is 4.31 Å². The van der Waals surface area contributed by atoms with Crippen LogP contribution in [0.3, 0.4) is 0 Å². The minimum absolute atomic E-state index is 0.0244. The van der Waals surface area contributed by atoms with E-state index in [1.165, 1.54) is 23.8 Å². The Morgan fingerprint density at radius 3 is 2.79 bits per heavy atom. The van der Waals surface area contributed by atoms with Crippen molar-refractivity contribution in [2.45, 2.75) is 31.2 Å². The van der Waals surface area contributed by atoms with Crippen molar-refractivity contribution in [3.8, 4) is 0 Å². The van der Waals surface area contributed by atoms with Gasteiger partial charge in [0.1, 0.15) is 0 Å². The molecule has 128 valence electrons. The van der Waals surface area contributed by atoms with Crippen molar-refractivity contribution in [1.82, 2.24) is 4.31 Å². The van der Waals surface area contributed by atoms with Gasteiger partial charge in [-0.1, -0.05) is 0 Å². The first kappa shape index (κ1) is 16.7. The SMILES string of the molecule is CC(=O)N1CCCc2cc(S(=O)(=O)N(C)Cc3ccoc3)ccc21. The molecule has 2 heterocycles. The third-order valence-corrected chi connectivity index (χ3v) is 6.04. The zero-order chi connectivity index (χ0) is 17.3. The van der Waals surface area contributed by atoms with Gasteiger partial charge in [0.15, 0.2) is 0 Å². The van der Waals surface area contributed by atoms with Crippen molar-refractivity contribution in [1.29, 1.82) is 0 Å². The lowest BCUT2D eigenvalue weighted by Crippen LogP contribution is -2.34. The predicted octanol–water partition coefficient (Wildman–Crippen LogP) is 2.40. The van der Waals surface area contributed by atoms with Crippen LogP contribution in [-0.4, -0.2) is 32.2 Å². The van der Waals surface area contributed by atoms with Crippen molar-refractivity contribution in [3.05, 3.63) is 47.9 Å². The van der Waals surface area contributed by atoms with Crippen molar-refractivity contribution < 1.29 is 17.6 Å². The summed E-state index contributed by atoms with van der Waals surface area (Å²) in [5.74, 6) is -0.0244. The monoisotopic (exact) mass is 348 g/mol. The number of carbonyl (C=O) groups excluding carboxylic acids is 1. The highest BCUT2D eigenvalue weighted by atomic mass is 32.2. The van der Waals surface area contributed by atoms with Crippen LogP contribution >= 0.6 is 0 Å². The van der Waals surface area contributed by atoms with Crippen LogP contribution < -0.4 is 4.90 Å². The lowest BCUT2D eigenvalue weighted by atomic mass is 10.0. The number of carbonyl (C=O) groups is 1. The fourth-order valence-corrected chi connectivity index (χ4v) is 4.18. The first-order valence-electron chi connectivity index (χ1n) is 7.78. The fraction of sp³-hybridized carbons (Fsp3) is 0.353. The summed E-state index contributed by atoms with van der Waals surface area (Å²) in [6, 6.07) is 6.73. The smallest absolute Gasteiger partial charge is 0.243 e. The Kier molecular flexibility index (Phi) is 4.47. The largest absolute Gasteiger partial charge is 0.472 e. The van der Waals surface area contributed by atoms with E-state index >= 15 is 0 Å². The number of benzene rings is 1. The average Bonchev–Trinajstić information content (AvgIpc) is 3.06. The molecule has 0 saturated carbocycles. The highest BCUT2D eigenvalue weighted by molar-refractivity contribution is 7.89. The number of sulfonamides is 1. The number of aryl methyl sites for hydroxylation is 1. The maximum atomic E-state index is 12.8. The average molecular weight is 348 g/mol. The highest BCUT2D eigenvalue weighted by Crippen LogP contribution is 2.30.